The number of allylic oxidation sites excluding steroid dienone is 5. The van der Waals surface area contributed by atoms with Crippen LogP contribution in [0, 0.1) is 16.2 Å². The molecule has 0 aromatic rings. The maximum absolute atomic E-state index is 5.40. The zero-order valence-electron chi connectivity index (χ0n) is 17.6. The van der Waals surface area contributed by atoms with Gasteiger partial charge >= 0.3 is 162 Å². The summed E-state index contributed by atoms with van der Waals surface area (Å²) in [6.45, 7) is 25.8. The molecular formula is C22H35NZr. The molecule has 0 radical (unpaired) electrons. The normalized spacial score (nSPS) is 27.2. The van der Waals surface area contributed by atoms with Crippen LogP contribution in [0.5, 0.6) is 0 Å². The Balaban J connectivity index is 2.53. The molecule has 1 aliphatic carbocycles. The van der Waals surface area contributed by atoms with Crippen LogP contribution in [0.3, 0.4) is 0 Å². The van der Waals surface area contributed by atoms with E-state index in [1.54, 1.807) is 14.4 Å². The first-order chi connectivity index (χ1) is 10.6. The van der Waals surface area contributed by atoms with Gasteiger partial charge in [-0.05, 0) is 0 Å². The van der Waals surface area contributed by atoms with Crippen LogP contribution in [0.25, 0.3) is 0 Å². The third-order valence-electron chi connectivity index (χ3n) is 6.07. The van der Waals surface area contributed by atoms with E-state index in [0.29, 0.717) is 0 Å². The third kappa shape index (κ3) is 3.13. The van der Waals surface area contributed by atoms with Crippen molar-refractivity contribution in [1.82, 2.24) is 0 Å². The predicted molar refractivity (Wildman–Crippen MR) is 103 cm³/mol. The second-order valence-electron chi connectivity index (χ2n) is 10.1. The van der Waals surface area contributed by atoms with Gasteiger partial charge in [0.25, 0.3) is 0 Å². The summed E-state index contributed by atoms with van der Waals surface area (Å²) in [5.74, 6) is 0. The first-order valence-electron chi connectivity index (χ1n) is 9.11. The summed E-state index contributed by atoms with van der Waals surface area (Å²) < 4.78 is 1.76. The Morgan fingerprint density at radius 1 is 0.917 bits per heavy atom. The molecule has 1 atom stereocenters. The van der Waals surface area contributed by atoms with Crippen LogP contribution >= 0.6 is 0 Å². The maximum atomic E-state index is 5.40. The Bertz CT molecular complexity index is 672. The molecule has 0 spiro atoms. The number of hydrogen-bond acceptors (Lipinski definition) is 1. The molecule has 0 fully saturated rings. The Kier molecular flexibility index (Phi) is 4.94. The molecule has 1 aliphatic heterocycles. The van der Waals surface area contributed by atoms with Gasteiger partial charge in [-0.25, -0.2) is 0 Å². The Labute approximate surface area is 161 Å². The summed E-state index contributed by atoms with van der Waals surface area (Å²) >= 11 is -0.947. The third-order valence-corrected chi connectivity index (χ3v) is 12.6. The molecular weight excluding hydrogens is 369 g/mol. The van der Waals surface area contributed by atoms with Crippen molar-refractivity contribution in [2.45, 2.75) is 79.4 Å². The molecule has 0 aromatic heterocycles. The summed E-state index contributed by atoms with van der Waals surface area (Å²) in [7, 11) is 0. The van der Waals surface area contributed by atoms with Crippen molar-refractivity contribution >= 4 is 5.71 Å². The van der Waals surface area contributed by atoms with E-state index < -0.39 is 23.2 Å². The number of hydrogen-bond donors (Lipinski definition) is 0. The first-order valence-corrected chi connectivity index (χ1v) is 11.6. The van der Waals surface area contributed by atoms with E-state index in [1.807, 2.05) is 0 Å². The molecule has 1 nitrogen and oxygen atoms in total. The number of nitrogens with zero attached hydrogens (tertiary/aromatic N) is 1. The van der Waals surface area contributed by atoms with Gasteiger partial charge in [-0.1, -0.05) is 0 Å². The van der Waals surface area contributed by atoms with E-state index >= 15 is 0 Å². The van der Waals surface area contributed by atoms with Crippen LogP contribution in [0.2, 0.25) is 0 Å². The van der Waals surface area contributed by atoms with Crippen molar-refractivity contribution in [1.29, 1.82) is 0 Å². The van der Waals surface area contributed by atoms with E-state index in [-0.39, 0.29) is 19.5 Å². The van der Waals surface area contributed by atoms with E-state index in [9.17, 15) is 0 Å². The molecule has 24 heavy (non-hydrogen) atoms. The van der Waals surface area contributed by atoms with Crippen molar-refractivity contribution in [3.63, 3.8) is 0 Å². The van der Waals surface area contributed by atoms with Gasteiger partial charge in [0, 0.05) is 0 Å². The fraction of sp³-hybridized carbons (Fsp3) is 0.682. The molecule has 0 N–H and O–H groups in total. The Morgan fingerprint density at radius 2 is 1.46 bits per heavy atom. The van der Waals surface area contributed by atoms with Gasteiger partial charge in [0.2, 0.25) is 0 Å². The molecule has 132 valence electrons. The molecule has 2 aliphatic rings. The van der Waals surface area contributed by atoms with Gasteiger partial charge in [-0.3, -0.25) is 0 Å². The predicted octanol–water partition coefficient (Wildman–Crippen LogP) is 6.52. The average molecular weight is 405 g/mol. The molecule has 0 saturated carbocycles. The van der Waals surface area contributed by atoms with E-state index in [1.165, 1.54) is 11.3 Å². The number of rotatable bonds is 2. The zero-order valence-corrected chi connectivity index (χ0v) is 20.1. The van der Waals surface area contributed by atoms with Crippen LogP contribution in [0.4, 0.5) is 0 Å². The minimum atomic E-state index is -0.947. The van der Waals surface area contributed by atoms with E-state index in [4.69, 9.17) is 4.99 Å². The van der Waals surface area contributed by atoms with Gasteiger partial charge in [-0.2, -0.15) is 0 Å². The molecule has 0 aromatic carbocycles. The van der Waals surface area contributed by atoms with Crippen molar-refractivity contribution < 1.29 is 23.2 Å². The fourth-order valence-corrected chi connectivity index (χ4v) is 8.44. The quantitative estimate of drug-likeness (QED) is 0.497. The Morgan fingerprint density at radius 3 is 1.79 bits per heavy atom. The molecule has 2 heteroatoms. The van der Waals surface area contributed by atoms with Crippen molar-refractivity contribution in [2.75, 3.05) is 0 Å². The van der Waals surface area contributed by atoms with Crippen molar-refractivity contribution in [2.24, 2.45) is 21.2 Å². The topological polar surface area (TPSA) is 12.4 Å². The summed E-state index contributed by atoms with van der Waals surface area (Å²) in [6, 6.07) is 0. The average Bonchev–Trinajstić information content (AvgIpc) is 2.91. The van der Waals surface area contributed by atoms with Gasteiger partial charge in [0.15, 0.2) is 0 Å². The van der Waals surface area contributed by atoms with Crippen LogP contribution in [0.15, 0.2) is 37.1 Å². The SMILES string of the molecule is CC1=C(C)C(C)(C)[C]([Zr][C]2(C(C)(C)C)C=CC(C(C)(C)C)=N2)=C1C. The van der Waals surface area contributed by atoms with Crippen molar-refractivity contribution in [3.05, 3.63) is 32.2 Å². The zero-order chi connectivity index (χ0) is 18.7. The molecule has 0 bridgehead atoms. The van der Waals surface area contributed by atoms with Gasteiger partial charge < -0.3 is 0 Å². The van der Waals surface area contributed by atoms with Crippen LogP contribution < -0.4 is 0 Å². The van der Waals surface area contributed by atoms with Gasteiger partial charge in [0.05, 0.1) is 0 Å². The van der Waals surface area contributed by atoms with Gasteiger partial charge in [-0.15, -0.1) is 0 Å². The first kappa shape index (κ1) is 20.1. The fourth-order valence-electron chi connectivity index (χ4n) is 3.59. The van der Waals surface area contributed by atoms with E-state index in [0.717, 1.165) is 0 Å². The molecule has 2 rings (SSSR count). The molecule has 1 unspecified atom stereocenters. The summed E-state index contributed by atoms with van der Waals surface area (Å²) in [5.41, 5.74) is 6.41. The minimum absolute atomic E-state index is 0.0255. The van der Waals surface area contributed by atoms with Crippen LogP contribution in [-0.2, 0) is 23.2 Å². The molecule has 0 amide bonds. The van der Waals surface area contributed by atoms with Gasteiger partial charge in [0.1, 0.15) is 0 Å². The van der Waals surface area contributed by atoms with Crippen LogP contribution in [0.1, 0.15) is 76.2 Å². The van der Waals surface area contributed by atoms with Crippen molar-refractivity contribution in [3.8, 4) is 0 Å². The summed E-state index contributed by atoms with van der Waals surface area (Å²) in [6.07, 6.45) is 4.77. The Hall–Kier alpha value is -0.227. The summed E-state index contributed by atoms with van der Waals surface area (Å²) in [4.78, 5) is 5.40. The summed E-state index contributed by atoms with van der Waals surface area (Å²) in [5, 5.41) is 0. The van der Waals surface area contributed by atoms with E-state index in [2.05, 4.69) is 88.3 Å². The van der Waals surface area contributed by atoms with Crippen LogP contribution in [-0.4, -0.2) is 8.96 Å². The standard InChI is InChI=1S/C12H20N.C10H15.Zr/c1-11(2,3)9-7-8-10(13-9)12(4,5)6;1-7-6-10(4,5)9(3)8(7)2;/h7-8H,1-6H3;1-5H3;. The molecule has 0 saturated heterocycles. The molecule has 1 heterocycles. The second kappa shape index (κ2) is 5.90. The second-order valence-corrected chi connectivity index (χ2v) is 13.8. The monoisotopic (exact) mass is 403 g/mol. The number of aliphatic imine (C=N–C) groups is 1.